The minimum Gasteiger partial charge on any atom is 1.00 e. The summed E-state index contributed by atoms with van der Waals surface area (Å²) in [4.78, 5) is 1.05. The van der Waals surface area contributed by atoms with E-state index in [0.29, 0.717) is 0 Å². The molecular formula is C8H11F6PS. The third-order valence-corrected chi connectivity index (χ3v) is 1.46. The molecule has 8 heteroatoms. The molecule has 1 aromatic carbocycles. The molecule has 0 atom stereocenters. The third-order valence-electron chi connectivity index (χ3n) is 1.21. The van der Waals surface area contributed by atoms with Gasteiger partial charge in [-0.1, -0.05) is 6.07 Å². The van der Waals surface area contributed by atoms with Gasteiger partial charge < -0.3 is 0 Å². The van der Waals surface area contributed by atoms with Crippen molar-refractivity contribution in [2.45, 2.75) is 18.7 Å². The molecule has 0 aliphatic rings. The SMILES string of the molecule is Cc1cc(C)cc(S)c1.F[P-](F)(F)(F)(F)F.[H+]. The Morgan fingerprint density at radius 1 is 0.875 bits per heavy atom. The normalized spacial score (nSPS) is 15.6. The zero-order valence-electron chi connectivity index (χ0n) is 9.39. The Balaban J connectivity index is 0. The topological polar surface area (TPSA) is 0 Å². The van der Waals surface area contributed by atoms with Crippen LogP contribution in [0.2, 0.25) is 0 Å². The molecule has 0 aliphatic carbocycles. The number of hydrogen-bond acceptors (Lipinski definition) is 1. The molecule has 96 valence electrons. The zero-order valence-corrected chi connectivity index (χ0v) is 10.2. The summed E-state index contributed by atoms with van der Waals surface area (Å²) in [5.41, 5.74) is 2.56. The van der Waals surface area contributed by atoms with E-state index in [4.69, 9.17) is 0 Å². The van der Waals surface area contributed by atoms with Crippen molar-refractivity contribution in [1.82, 2.24) is 0 Å². The van der Waals surface area contributed by atoms with E-state index in [9.17, 15) is 25.2 Å². The van der Waals surface area contributed by atoms with Gasteiger partial charge in [-0.3, -0.25) is 0 Å². The first-order valence-electron chi connectivity index (χ1n) is 3.97. The van der Waals surface area contributed by atoms with E-state index >= 15 is 0 Å². The second-order valence-electron chi connectivity index (χ2n) is 3.30. The van der Waals surface area contributed by atoms with Crippen molar-refractivity contribution in [2.24, 2.45) is 0 Å². The molecule has 1 aromatic rings. The van der Waals surface area contributed by atoms with E-state index in [1.54, 1.807) is 0 Å². The van der Waals surface area contributed by atoms with Crippen molar-refractivity contribution in [1.29, 1.82) is 0 Å². The van der Waals surface area contributed by atoms with Crippen LogP contribution in [0.3, 0.4) is 0 Å². The molecule has 0 N–H and O–H groups in total. The number of halogens is 6. The second-order valence-corrected chi connectivity index (χ2v) is 5.74. The van der Waals surface area contributed by atoms with Crippen LogP contribution in [0.15, 0.2) is 23.1 Å². The second kappa shape index (κ2) is 3.81. The summed E-state index contributed by atoms with van der Waals surface area (Å²) >= 11 is 4.22. The average molecular weight is 284 g/mol. The van der Waals surface area contributed by atoms with E-state index in [2.05, 4.69) is 44.7 Å². The number of benzene rings is 1. The van der Waals surface area contributed by atoms with Gasteiger partial charge in [-0.2, -0.15) is 0 Å². The monoisotopic (exact) mass is 284 g/mol. The van der Waals surface area contributed by atoms with Crippen LogP contribution in [0.5, 0.6) is 0 Å². The molecule has 0 aliphatic heterocycles. The van der Waals surface area contributed by atoms with Crippen molar-refractivity contribution in [3.8, 4) is 0 Å². The predicted molar refractivity (Wildman–Crippen MR) is 57.8 cm³/mol. The molecule has 0 heterocycles. The van der Waals surface area contributed by atoms with Gasteiger partial charge in [0.2, 0.25) is 0 Å². The molecule has 0 fully saturated rings. The van der Waals surface area contributed by atoms with Crippen molar-refractivity contribution in [3.63, 3.8) is 0 Å². The molecule has 0 amide bonds. The van der Waals surface area contributed by atoms with Gasteiger partial charge >= 0.3 is 34.4 Å². The Morgan fingerprint density at radius 3 is 1.31 bits per heavy atom. The fourth-order valence-corrected chi connectivity index (χ4v) is 1.36. The number of aryl methyl sites for hydroxylation is 2. The van der Waals surface area contributed by atoms with Crippen molar-refractivity contribution >= 4 is 20.4 Å². The Hall–Kier alpha value is -0.420. The fourth-order valence-electron chi connectivity index (χ4n) is 0.951. The van der Waals surface area contributed by atoms with Crippen molar-refractivity contribution in [2.75, 3.05) is 0 Å². The van der Waals surface area contributed by atoms with E-state index in [0.717, 1.165) is 4.90 Å². The largest absolute Gasteiger partial charge is 1.00 e. The third kappa shape index (κ3) is 16.0. The Morgan fingerprint density at radius 2 is 1.12 bits per heavy atom. The van der Waals surface area contributed by atoms with Gasteiger partial charge in [0.05, 0.1) is 0 Å². The average Bonchev–Trinajstić information content (AvgIpc) is 1.73. The van der Waals surface area contributed by atoms with Gasteiger partial charge in [0.15, 0.2) is 0 Å². The van der Waals surface area contributed by atoms with Gasteiger partial charge in [0.1, 0.15) is 0 Å². The number of thiol groups is 1. The van der Waals surface area contributed by atoms with Crippen LogP contribution in [-0.2, 0) is 0 Å². The summed E-state index contributed by atoms with van der Waals surface area (Å²) in [6.45, 7) is 4.15. The summed E-state index contributed by atoms with van der Waals surface area (Å²) < 4.78 is 59.2. The van der Waals surface area contributed by atoms with Gasteiger partial charge in [-0.15, -0.1) is 12.6 Å². The molecule has 0 saturated carbocycles. The Labute approximate surface area is 95.8 Å². The molecular weight excluding hydrogens is 273 g/mol. The molecule has 0 nitrogen and oxygen atoms in total. The molecule has 1 rings (SSSR count). The predicted octanol–water partition coefficient (Wildman–Crippen LogP) is 6.09. The quantitative estimate of drug-likeness (QED) is 0.333. The van der Waals surface area contributed by atoms with Crippen LogP contribution in [-0.4, -0.2) is 0 Å². The summed E-state index contributed by atoms with van der Waals surface area (Å²) in [6.07, 6.45) is 0. The van der Waals surface area contributed by atoms with E-state index in [1.165, 1.54) is 11.1 Å². The maximum Gasteiger partial charge on any atom is 1.00 e. The van der Waals surface area contributed by atoms with Crippen LogP contribution >= 0.6 is 20.4 Å². The molecule has 0 aromatic heterocycles. The first-order valence-corrected chi connectivity index (χ1v) is 6.45. The van der Waals surface area contributed by atoms with Gasteiger partial charge in [0, 0.05) is 4.90 Å². The van der Waals surface area contributed by atoms with Crippen LogP contribution in [0.1, 0.15) is 12.6 Å². The van der Waals surface area contributed by atoms with Gasteiger partial charge in [-0.05, 0) is 37.1 Å². The molecule has 16 heavy (non-hydrogen) atoms. The molecule has 0 unspecified atom stereocenters. The molecule has 0 bridgehead atoms. The maximum atomic E-state index is 9.87. The minimum atomic E-state index is -10.7. The summed E-state index contributed by atoms with van der Waals surface area (Å²) in [5.74, 6) is 0. The van der Waals surface area contributed by atoms with Crippen LogP contribution < -0.4 is 0 Å². The Kier molecular flexibility index (Phi) is 3.71. The van der Waals surface area contributed by atoms with Crippen LogP contribution in [0.25, 0.3) is 0 Å². The van der Waals surface area contributed by atoms with Crippen LogP contribution in [0, 0.1) is 13.8 Å². The van der Waals surface area contributed by atoms with E-state index in [-0.39, 0.29) is 1.43 Å². The van der Waals surface area contributed by atoms with Crippen LogP contribution in [0.4, 0.5) is 25.2 Å². The molecule has 0 radical (unpaired) electrons. The number of hydrogen-bond donors (Lipinski definition) is 1. The first-order chi connectivity index (χ1) is 6.63. The van der Waals surface area contributed by atoms with Gasteiger partial charge in [0.25, 0.3) is 0 Å². The number of rotatable bonds is 0. The molecule has 0 saturated heterocycles. The minimum absolute atomic E-state index is 0. The maximum absolute atomic E-state index is 10.7. The first kappa shape index (κ1) is 15.6. The summed E-state index contributed by atoms with van der Waals surface area (Å²) in [7, 11) is -10.7. The van der Waals surface area contributed by atoms with Gasteiger partial charge in [-0.25, -0.2) is 0 Å². The summed E-state index contributed by atoms with van der Waals surface area (Å²) in [5, 5.41) is 0. The fraction of sp³-hybridized carbons (Fsp3) is 0.250. The van der Waals surface area contributed by atoms with E-state index < -0.39 is 7.81 Å². The van der Waals surface area contributed by atoms with Crippen molar-refractivity contribution < 1.29 is 26.6 Å². The van der Waals surface area contributed by atoms with E-state index in [1.807, 2.05) is 0 Å². The standard InChI is InChI=1S/C8H10S.F6P/c1-6-3-7(2)5-8(9)4-6;1-7(2,3,4,5)6/h3-5,9H,1-2H3;/q;-1/p+1. The smallest absolute Gasteiger partial charge is 1.00 e. The molecule has 0 spiro atoms. The van der Waals surface area contributed by atoms with Crippen molar-refractivity contribution in [3.05, 3.63) is 29.3 Å². The zero-order chi connectivity index (χ0) is 13.3. The Bertz CT molecular complexity index is 325. The summed E-state index contributed by atoms with van der Waals surface area (Å²) in [6, 6.07) is 6.24.